The van der Waals surface area contributed by atoms with Gasteiger partial charge in [-0.15, -0.1) is 30.6 Å². The Morgan fingerprint density at radius 3 is 1.20 bits per heavy atom. The molecule has 0 spiro atoms. The van der Waals surface area contributed by atoms with E-state index in [0.717, 1.165) is 75.6 Å². The van der Waals surface area contributed by atoms with Crippen LogP contribution in [-0.2, 0) is 19.6 Å². The van der Waals surface area contributed by atoms with Crippen molar-refractivity contribution in [3.63, 3.8) is 0 Å². The van der Waals surface area contributed by atoms with Crippen LogP contribution in [0.3, 0.4) is 0 Å². The number of aromatic nitrogens is 14. The number of hydrogen-bond donors (Lipinski definition) is 0. The molecule has 0 bridgehead atoms. The van der Waals surface area contributed by atoms with Gasteiger partial charge in [-0.3, -0.25) is 23.2 Å². The van der Waals surface area contributed by atoms with Gasteiger partial charge in [0.15, 0.2) is 16.9 Å². The Morgan fingerprint density at radius 2 is 0.797 bits per heavy atom. The van der Waals surface area contributed by atoms with Crippen LogP contribution in [0.5, 0.6) is 0 Å². The minimum atomic E-state index is 0.764. The first-order chi connectivity index (χ1) is 31.1. The first-order valence-electron chi connectivity index (χ1n) is 21.1. The number of aryl methyl sites for hydroxylation is 6. The molecule has 0 aliphatic heterocycles. The predicted octanol–water partition coefficient (Wildman–Crippen LogP) is 9.49. The molecule has 0 aliphatic carbocycles. The maximum atomic E-state index is 5.97. The van der Waals surface area contributed by atoms with Gasteiger partial charge in [0, 0.05) is 66.5 Å². The van der Waals surface area contributed by atoms with Crippen molar-refractivity contribution in [3.8, 4) is 0 Å². The monoisotopic (exact) mass is 864 g/mol. The van der Waals surface area contributed by atoms with Crippen LogP contribution in [0.4, 0.5) is 0 Å². The molecular formula is C49H45ClN14. The second-order valence-electron chi connectivity index (χ2n) is 16.1. The lowest BCUT2D eigenvalue weighted by Gasteiger charge is -2.09. The fourth-order valence-corrected chi connectivity index (χ4v) is 8.78. The summed E-state index contributed by atoms with van der Waals surface area (Å²) in [6.07, 6.45) is 7.37. The van der Waals surface area contributed by atoms with Crippen LogP contribution in [0, 0.1) is 41.5 Å². The molecule has 0 atom stereocenters. The predicted molar refractivity (Wildman–Crippen MR) is 251 cm³/mol. The smallest absolute Gasteiger partial charge is 0.161 e. The van der Waals surface area contributed by atoms with Gasteiger partial charge in [-0.2, -0.15) is 0 Å². The molecular weight excluding hydrogens is 820 g/mol. The van der Waals surface area contributed by atoms with E-state index in [2.05, 4.69) is 143 Å². The number of benzene rings is 1. The summed E-state index contributed by atoms with van der Waals surface area (Å²) in [6, 6.07) is 35.1. The normalized spacial score (nSPS) is 11.5. The van der Waals surface area contributed by atoms with E-state index in [0.29, 0.717) is 0 Å². The highest BCUT2D eigenvalue weighted by atomic mass is 35.5. The van der Waals surface area contributed by atoms with Crippen LogP contribution in [0.25, 0.3) is 50.0 Å². The molecule has 11 aromatic heterocycles. The van der Waals surface area contributed by atoms with E-state index < -0.39 is 0 Å². The van der Waals surface area contributed by atoms with Crippen LogP contribution < -0.4 is 0 Å². The fraction of sp³-hybridized carbons (Fsp3) is 0.184. The number of fused-ring (bicyclic) bond motifs is 9. The molecule has 1 aromatic carbocycles. The van der Waals surface area contributed by atoms with Crippen LogP contribution in [0.15, 0.2) is 128 Å². The Kier molecular flexibility index (Phi) is 10.4. The second-order valence-corrected chi connectivity index (χ2v) is 16.5. The molecule has 318 valence electrons. The summed E-state index contributed by atoms with van der Waals surface area (Å²) in [5.41, 5.74) is 17.0. The molecule has 12 aromatic rings. The van der Waals surface area contributed by atoms with Gasteiger partial charge in [-0.1, -0.05) is 29.8 Å². The van der Waals surface area contributed by atoms with Crippen molar-refractivity contribution in [2.75, 3.05) is 0 Å². The number of rotatable bonds is 6. The zero-order valence-corrected chi connectivity index (χ0v) is 37.1. The van der Waals surface area contributed by atoms with Gasteiger partial charge in [0.25, 0.3) is 0 Å². The maximum absolute atomic E-state index is 5.97. The molecule has 0 fully saturated rings. The zero-order chi connectivity index (χ0) is 44.1. The first kappa shape index (κ1) is 40.4. The van der Waals surface area contributed by atoms with Crippen molar-refractivity contribution in [1.82, 2.24) is 67.5 Å². The summed E-state index contributed by atoms with van der Waals surface area (Å²) < 4.78 is 13.2. The fourth-order valence-electron chi connectivity index (χ4n) is 8.66. The van der Waals surface area contributed by atoms with Gasteiger partial charge in [0.2, 0.25) is 0 Å². The van der Waals surface area contributed by atoms with E-state index in [1.165, 1.54) is 50.3 Å². The highest BCUT2D eigenvalue weighted by molar-refractivity contribution is 6.30. The van der Waals surface area contributed by atoms with Crippen molar-refractivity contribution in [2.45, 2.75) is 61.2 Å². The third kappa shape index (κ3) is 7.41. The Balaban J connectivity index is 0.000000114. The third-order valence-corrected chi connectivity index (χ3v) is 12.1. The molecule has 0 saturated carbocycles. The molecule has 0 N–H and O–H groups in total. The van der Waals surface area contributed by atoms with E-state index in [4.69, 9.17) is 11.6 Å². The Labute approximate surface area is 373 Å². The highest BCUT2D eigenvalue weighted by Gasteiger charge is 2.15. The Bertz CT molecular complexity index is 3450. The van der Waals surface area contributed by atoms with E-state index in [-0.39, 0.29) is 0 Å². The third-order valence-electron chi connectivity index (χ3n) is 11.8. The first-order valence-corrected chi connectivity index (χ1v) is 21.4. The quantitative estimate of drug-likeness (QED) is 0.162. The van der Waals surface area contributed by atoms with E-state index in [9.17, 15) is 0 Å². The molecule has 0 radical (unpaired) electrons. The number of pyridine rings is 5. The minimum absolute atomic E-state index is 0.764. The number of nitrogens with zero attached hydrogens (tertiary/aromatic N) is 14. The van der Waals surface area contributed by atoms with Crippen molar-refractivity contribution >= 4 is 61.6 Å². The van der Waals surface area contributed by atoms with Gasteiger partial charge in [0.05, 0.1) is 33.1 Å². The van der Waals surface area contributed by atoms with Crippen molar-refractivity contribution in [1.29, 1.82) is 0 Å². The Hall–Kier alpha value is -7.71. The van der Waals surface area contributed by atoms with Crippen LogP contribution in [0.2, 0.25) is 5.02 Å². The lowest BCUT2D eigenvalue weighted by molar-refractivity contribution is 0.800. The standard InChI is InChI=1S/C17H15ClN4.2C16H15N5/c1-11-9-16-15(7-8-17-20-19-12(2)22(16)17)21(11)10-13-3-5-14(18)6-4-13;1-11-9-15-14(3-4-16-19-18-12(2)21(15)16)20(11)10-13-5-7-17-8-6-13;1-11-8-15-14(5-6-16-19-18-12(2)21(15)16)20(11)10-13-4-3-7-17-9-13/h3-9H,10H2,1-2H3;2*3-9H,10H2,1-2H3. The summed E-state index contributed by atoms with van der Waals surface area (Å²) in [5, 5.41) is 25.8. The average Bonchev–Trinajstić information content (AvgIpc) is 4.16. The number of hydrogen-bond acceptors (Lipinski definition) is 8. The van der Waals surface area contributed by atoms with Crippen LogP contribution >= 0.6 is 11.6 Å². The van der Waals surface area contributed by atoms with Crippen LogP contribution in [0.1, 0.15) is 51.2 Å². The summed E-state index contributed by atoms with van der Waals surface area (Å²) in [7, 11) is 0. The average molecular weight is 865 g/mol. The molecule has 12 rings (SSSR count). The summed E-state index contributed by atoms with van der Waals surface area (Å²) in [4.78, 5) is 8.27. The van der Waals surface area contributed by atoms with E-state index >= 15 is 0 Å². The SMILES string of the molecule is Cc1cc2c(ccc3nnc(C)n32)n1Cc1ccc(Cl)cc1.Cc1cc2c(ccc3nnc(C)n32)n1Cc1cccnc1.Cc1cc2c(ccc3nnc(C)n32)n1Cc1ccncc1. The van der Waals surface area contributed by atoms with Crippen molar-refractivity contribution in [3.05, 3.63) is 184 Å². The largest absolute Gasteiger partial charge is 0.339 e. The van der Waals surface area contributed by atoms with E-state index in [1.54, 1.807) is 6.20 Å². The highest BCUT2D eigenvalue weighted by Crippen LogP contribution is 2.26. The molecule has 0 unspecified atom stereocenters. The van der Waals surface area contributed by atoms with Gasteiger partial charge in [0.1, 0.15) is 17.5 Å². The molecule has 0 aliphatic rings. The summed E-state index contributed by atoms with van der Waals surface area (Å²) >= 11 is 5.97. The van der Waals surface area contributed by atoms with Gasteiger partial charge in [-0.05, 0) is 143 Å². The van der Waals surface area contributed by atoms with Gasteiger partial charge >= 0.3 is 0 Å². The minimum Gasteiger partial charge on any atom is -0.339 e. The molecule has 11 heterocycles. The zero-order valence-electron chi connectivity index (χ0n) is 36.4. The molecule has 0 saturated heterocycles. The number of halogens is 1. The van der Waals surface area contributed by atoms with Crippen molar-refractivity contribution in [2.24, 2.45) is 0 Å². The molecule has 14 nitrogen and oxygen atoms in total. The van der Waals surface area contributed by atoms with Crippen LogP contribution in [-0.4, -0.2) is 67.5 Å². The van der Waals surface area contributed by atoms with E-state index in [1.807, 2.05) is 87.9 Å². The summed E-state index contributed by atoms with van der Waals surface area (Å²) in [6.45, 7) is 14.8. The maximum Gasteiger partial charge on any atom is 0.161 e. The lowest BCUT2D eigenvalue weighted by atomic mass is 10.2. The van der Waals surface area contributed by atoms with Gasteiger partial charge < -0.3 is 13.7 Å². The Morgan fingerprint density at radius 1 is 0.391 bits per heavy atom. The second kappa shape index (κ2) is 16.5. The topological polar surface area (TPSA) is 131 Å². The molecule has 64 heavy (non-hydrogen) atoms. The summed E-state index contributed by atoms with van der Waals surface area (Å²) in [5.74, 6) is 2.73. The molecule has 0 amide bonds. The lowest BCUT2D eigenvalue weighted by Crippen LogP contribution is -2.02. The van der Waals surface area contributed by atoms with Gasteiger partial charge in [-0.25, -0.2) is 0 Å². The molecule has 15 heteroatoms. The van der Waals surface area contributed by atoms with Crippen molar-refractivity contribution < 1.29 is 0 Å².